The molecule has 0 spiro atoms. The minimum Gasteiger partial charge on any atom is -0.328 e. The number of nitrogens with two attached hydrogens (primary N) is 1. The largest absolute Gasteiger partial charge is 0.328 e. The van der Waals surface area contributed by atoms with Gasteiger partial charge in [-0.15, -0.1) is 0 Å². The zero-order valence-electron chi connectivity index (χ0n) is 13.7. The van der Waals surface area contributed by atoms with E-state index in [0.717, 1.165) is 6.54 Å². The minimum absolute atomic E-state index is 0.310. The second kappa shape index (κ2) is 6.28. The monoisotopic (exact) mass is 274 g/mol. The van der Waals surface area contributed by atoms with Crippen LogP contribution in [0.2, 0.25) is 0 Å². The van der Waals surface area contributed by atoms with Gasteiger partial charge in [-0.1, -0.05) is 17.7 Å². The summed E-state index contributed by atoms with van der Waals surface area (Å²) < 4.78 is 0. The van der Waals surface area contributed by atoms with Crippen molar-refractivity contribution >= 4 is 0 Å². The molecular weight excluding hydrogens is 244 g/mol. The van der Waals surface area contributed by atoms with Gasteiger partial charge in [0.1, 0.15) is 0 Å². The molecule has 0 aliphatic carbocycles. The predicted molar refractivity (Wildman–Crippen MR) is 87.0 cm³/mol. The highest BCUT2D eigenvalue weighted by molar-refractivity contribution is 5.39. The molecule has 0 aromatic heterocycles. The van der Waals surface area contributed by atoms with Gasteiger partial charge >= 0.3 is 0 Å². The van der Waals surface area contributed by atoms with Crippen LogP contribution in [0, 0.1) is 26.7 Å². The van der Waals surface area contributed by atoms with E-state index in [2.05, 4.69) is 51.7 Å². The quantitative estimate of drug-likeness (QED) is 0.910. The molecule has 1 fully saturated rings. The maximum absolute atomic E-state index is 6.12. The minimum atomic E-state index is 0.310. The van der Waals surface area contributed by atoms with Crippen molar-refractivity contribution in [1.82, 2.24) is 4.90 Å². The Bertz CT molecular complexity index is 441. The van der Waals surface area contributed by atoms with Gasteiger partial charge in [-0.2, -0.15) is 0 Å². The first kappa shape index (κ1) is 15.5. The van der Waals surface area contributed by atoms with E-state index in [4.69, 9.17) is 5.73 Å². The first-order valence-electron chi connectivity index (χ1n) is 7.97. The lowest BCUT2D eigenvalue weighted by atomic mass is 9.88. The van der Waals surface area contributed by atoms with Crippen LogP contribution in [0.15, 0.2) is 12.1 Å². The van der Waals surface area contributed by atoms with Gasteiger partial charge in [0.25, 0.3) is 0 Å². The molecule has 1 aromatic carbocycles. The maximum atomic E-state index is 6.12. The Morgan fingerprint density at radius 1 is 1.15 bits per heavy atom. The van der Waals surface area contributed by atoms with Crippen molar-refractivity contribution in [1.29, 1.82) is 0 Å². The van der Waals surface area contributed by atoms with Gasteiger partial charge in [0, 0.05) is 18.6 Å². The third-order valence-electron chi connectivity index (χ3n) is 4.94. The molecule has 1 aliphatic rings. The van der Waals surface area contributed by atoms with Crippen LogP contribution in [-0.2, 0) is 0 Å². The Morgan fingerprint density at radius 3 is 2.30 bits per heavy atom. The number of hydrogen-bond acceptors (Lipinski definition) is 2. The molecule has 2 N–H and O–H groups in total. The molecule has 1 heterocycles. The normalized spacial score (nSPS) is 23.6. The molecule has 2 rings (SSSR count). The molecule has 0 bridgehead atoms. The third-order valence-corrected chi connectivity index (χ3v) is 4.94. The lowest BCUT2D eigenvalue weighted by Gasteiger charge is -2.39. The lowest BCUT2D eigenvalue weighted by molar-refractivity contribution is 0.121. The van der Waals surface area contributed by atoms with Crippen molar-refractivity contribution in [3.05, 3.63) is 34.4 Å². The fourth-order valence-corrected chi connectivity index (χ4v) is 3.85. The van der Waals surface area contributed by atoms with Crippen LogP contribution in [-0.4, -0.2) is 24.0 Å². The first-order valence-corrected chi connectivity index (χ1v) is 7.97. The highest BCUT2D eigenvalue weighted by atomic mass is 15.2. The van der Waals surface area contributed by atoms with E-state index < -0.39 is 0 Å². The third kappa shape index (κ3) is 3.24. The molecule has 2 heteroatoms. The Morgan fingerprint density at radius 2 is 1.75 bits per heavy atom. The van der Waals surface area contributed by atoms with E-state index in [1.807, 2.05) is 0 Å². The van der Waals surface area contributed by atoms with Gasteiger partial charge in [0.15, 0.2) is 0 Å². The summed E-state index contributed by atoms with van der Waals surface area (Å²) in [6, 6.07) is 5.43. The smallest absolute Gasteiger partial charge is 0.0325 e. The van der Waals surface area contributed by atoms with E-state index >= 15 is 0 Å². The maximum Gasteiger partial charge on any atom is 0.0325 e. The fraction of sp³-hybridized carbons (Fsp3) is 0.667. The summed E-state index contributed by atoms with van der Waals surface area (Å²) in [6.45, 7) is 13.5. The molecule has 2 nitrogen and oxygen atoms in total. The Kier molecular flexibility index (Phi) is 4.87. The Balaban J connectivity index is 2.21. The highest BCUT2D eigenvalue weighted by Gasteiger charge is 2.27. The molecule has 0 radical (unpaired) electrons. The number of piperidine rings is 1. The molecule has 0 saturated carbocycles. The van der Waals surface area contributed by atoms with Crippen molar-refractivity contribution in [3.8, 4) is 0 Å². The molecule has 1 aromatic rings. The summed E-state index contributed by atoms with van der Waals surface area (Å²) in [4.78, 5) is 2.63. The topological polar surface area (TPSA) is 29.3 Å². The van der Waals surface area contributed by atoms with Gasteiger partial charge in [0.05, 0.1) is 0 Å². The zero-order valence-corrected chi connectivity index (χ0v) is 13.7. The van der Waals surface area contributed by atoms with Crippen LogP contribution in [0.4, 0.5) is 0 Å². The van der Waals surface area contributed by atoms with Crippen LogP contribution in [0.25, 0.3) is 0 Å². The highest BCUT2D eigenvalue weighted by Crippen LogP contribution is 2.31. The summed E-state index contributed by atoms with van der Waals surface area (Å²) in [5, 5.41) is 0. The summed E-state index contributed by atoms with van der Waals surface area (Å²) in [6.07, 6.45) is 2.56. The van der Waals surface area contributed by atoms with E-state index in [1.54, 1.807) is 0 Å². The standard InChI is InChI=1S/C18H30N2/c1-12-9-13(2)18(14(3)10-12)16(5)20-8-6-7-17(11-20)15(4)19/h9-10,15-17H,6-8,11,19H2,1-5H3. The summed E-state index contributed by atoms with van der Waals surface area (Å²) in [5.74, 6) is 0.650. The van der Waals surface area contributed by atoms with Gasteiger partial charge < -0.3 is 5.73 Å². The number of benzene rings is 1. The lowest BCUT2D eigenvalue weighted by Crippen LogP contribution is -2.43. The zero-order chi connectivity index (χ0) is 14.9. The van der Waals surface area contributed by atoms with E-state index in [9.17, 15) is 0 Å². The SMILES string of the molecule is Cc1cc(C)c(C(C)N2CCCC(C(C)N)C2)c(C)c1. The van der Waals surface area contributed by atoms with Crippen LogP contribution >= 0.6 is 0 Å². The average molecular weight is 274 g/mol. The number of nitrogens with zero attached hydrogens (tertiary/aromatic N) is 1. The fourth-order valence-electron chi connectivity index (χ4n) is 3.85. The molecule has 20 heavy (non-hydrogen) atoms. The number of rotatable bonds is 3. The molecule has 1 aliphatic heterocycles. The summed E-state index contributed by atoms with van der Waals surface area (Å²) in [5.41, 5.74) is 11.9. The van der Waals surface area contributed by atoms with Gasteiger partial charge in [-0.05, 0) is 76.6 Å². The summed E-state index contributed by atoms with van der Waals surface area (Å²) >= 11 is 0. The molecular formula is C18H30N2. The molecule has 3 atom stereocenters. The predicted octanol–water partition coefficient (Wildman–Crippen LogP) is 3.73. The van der Waals surface area contributed by atoms with Crippen LogP contribution in [0.3, 0.4) is 0 Å². The van der Waals surface area contributed by atoms with Gasteiger partial charge in [0.2, 0.25) is 0 Å². The van der Waals surface area contributed by atoms with Crippen LogP contribution in [0.5, 0.6) is 0 Å². The Labute approximate surface area is 124 Å². The van der Waals surface area contributed by atoms with Crippen LogP contribution in [0.1, 0.15) is 55.0 Å². The molecule has 0 amide bonds. The number of likely N-dealkylation sites (tertiary alicyclic amines) is 1. The van der Waals surface area contributed by atoms with E-state index in [1.165, 1.54) is 41.6 Å². The van der Waals surface area contributed by atoms with Crippen molar-refractivity contribution in [3.63, 3.8) is 0 Å². The summed E-state index contributed by atoms with van der Waals surface area (Å²) in [7, 11) is 0. The first-order chi connectivity index (χ1) is 9.40. The molecule has 3 unspecified atom stereocenters. The van der Waals surface area contributed by atoms with E-state index in [-0.39, 0.29) is 0 Å². The van der Waals surface area contributed by atoms with Crippen molar-refractivity contribution in [2.45, 2.75) is 59.5 Å². The van der Waals surface area contributed by atoms with Crippen molar-refractivity contribution in [2.75, 3.05) is 13.1 Å². The number of hydrogen-bond donors (Lipinski definition) is 1. The van der Waals surface area contributed by atoms with Gasteiger partial charge in [-0.3, -0.25) is 4.90 Å². The Hall–Kier alpha value is -0.860. The average Bonchev–Trinajstić information content (AvgIpc) is 2.37. The second-order valence-electron chi connectivity index (χ2n) is 6.74. The second-order valence-corrected chi connectivity index (χ2v) is 6.74. The van der Waals surface area contributed by atoms with Gasteiger partial charge in [-0.25, -0.2) is 0 Å². The molecule has 1 saturated heterocycles. The molecule has 112 valence electrons. The van der Waals surface area contributed by atoms with Crippen LogP contribution < -0.4 is 5.73 Å². The van der Waals surface area contributed by atoms with Crippen molar-refractivity contribution in [2.24, 2.45) is 11.7 Å². The van der Waals surface area contributed by atoms with Crippen molar-refractivity contribution < 1.29 is 0 Å². The van der Waals surface area contributed by atoms with E-state index in [0.29, 0.717) is 18.0 Å². The number of aryl methyl sites for hydroxylation is 3.